The van der Waals surface area contributed by atoms with Crippen molar-refractivity contribution < 1.29 is 9.59 Å². The monoisotopic (exact) mass is 347 g/mol. The Balaban J connectivity index is 1.39. The minimum atomic E-state index is -0.283. The Bertz CT molecular complexity index is 827. The Morgan fingerprint density at radius 1 is 1.04 bits per heavy atom. The fraction of sp³-hybridized carbons (Fsp3) is 0.286. The number of carbonyl (C=O) groups is 2. The second-order valence-electron chi connectivity index (χ2n) is 6.51. The third-order valence-electron chi connectivity index (χ3n) is 4.51. The number of aryl methyl sites for hydroxylation is 1. The molecule has 2 amide bonds. The van der Waals surface area contributed by atoms with Crippen LogP contribution < -0.4 is 10.6 Å². The lowest BCUT2D eigenvalue weighted by Gasteiger charge is -2.06. The van der Waals surface area contributed by atoms with Gasteiger partial charge in [0.2, 0.25) is 11.8 Å². The quantitative estimate of drug-likeness (QED) is 0.756. The van der Waals surface area contributed by atoms with E-state index in [0.29, 0.717) is 24.2 Å². The molecule has 1 fully saturated rings. The van der Waals surface area contributed by atoms with Crippen LogP contribution in [-0.2, 0) is 16.0 Å². The van der Waals surface area contributed by atoms with Gasteiger partial charge in [0.25, 0.3) is 0 Å². The number of rotatable bonds is 7. The second kappa shape index (κ2) is 8.30. The van der Waals surface area contributed by atoms with E-state index >= 15 is 0 Å². The summed E-state index contributed by atoms with van der Waals surface area (Å²) in [6.45, 7) is 0.614. The highest BCUT2D eigenvalue weighted by Gasteiger charge is 2.47. The van der Waals surface area contributed by atoms with E-state index in [4.69, 9.17) is 5.26 Å². The van der Waals surface area contributed by atoms with Gasteiger partial charge in [-0.3, -0.25) is 9.59 Å². The van der Waals surface area contributed by atoms with Gasteiger partial charge in [-0.25, -0.2) is 0 Å². The Morgan fingerprint density at radius 3 is 2.58 bits per heavy atom. The molecule has 0 saturated heterocycles. The zero-order chi connectivity index (χ0) is 18.4. The number of benzene rings is 2. The van der Waals surface area contributed by atoms with Gasteiger partial charge in [0.1, 0.15) is 0 Å². The highest BCUT2D eigenvalue weighted by Crippen LogP contribution is 2.39. The van der Waals surface area contributed by atoms with Gasteiger partial charge in [-0.2, -0.15) is 5.26 Å². The van der Waals surface area contributed by atoms with Crippen molar-refractivity contribution in [3.05, 3.63) is 65.7 Å². The molecule has 0 spiro atoms. The van der Waals surface area contributed by atoms with E-state index in [-0.39, 0.29) is 23.7 Å². The smallest absolute Gasteiger partial charge is 0.228 e. The molecule has 0 aromatic heterocycles. The Morgan fingerprint density at radius 2 is 1.81 bits per heavy atom. The van der Waals surface area contributed by atoms with Gasteiger partial charge in [-0.05, 0) is 43.0 Å². The fourth-order valence-corrected chi connectivity index (χ4v) is 2.96. The molecule has 0 radical (unpaired) electrons. The first-order valence-electron chi connectivity index (χ1n) is 8.80. The van der Waals surface area contributed by atoms with Crippen LogP contribution in [0.1, 0.15) is 24.0 Å². The number of hydrogen-bond donors (Lipinski definition) is 2. The third-order valence-corrected chi connectivity index (χ3v) is 4.51. The second-order valence-corrected chi connectivity index (χ2v) is 6.51. The Kier molecular flexibility index (Phi) is 5.65. The molecule has 132 valence electrons. The molecule has 2 aromatic carbocycles. The van der Waals surface area contributed by atoms with Gasteiger partial charge in [-0.15, -0.1) is 0 Å². The molecule has 1 aliphatic rings. The molecule has 2 unspecified atom stereocenters. The van der Waals surface area contributed by atoms with E-state index in [2.05, 4.69) is 22.8 Å². The summed E-state index contributed by atoms with van der Waals surface area (Å²) in [4.78, 5) is 24.4. The Hall–Kier alpha value is -3.13. The third kappa shape index (κ3) is 4.70. The summed E-state index contributed by atoms with van der Waals surface area (Å²) in [5.41, 5.74) is 2.33. The SMILES string of the molecule is N#Cc1cccc(NC(=O)C2CC2C(=O)NCCCc2ccccc2)c1. The van der Waals surface area contributed by atoms with E-state index < -0.39 is 0 Å². The fourth-order valence-electron chi connectivity index (χ4n) is 2.96. The normalized spacial score (nSPS) is 17.8. The van der Waals surface area contributed by atoms with Gasteiger partial charge >= 0.3 is 0 Å². The zero-order valence-corrected chi connectivity index (χ0v) is 14.4. The lowest BCUT2D eigenvalue weighted by atomic mass is 10.1. The topological polar surface area (TPSA) is 82.0 Å². The number of hydrogen-bond acceptors (Lipinski definition) is 3. The maximum absolute atomic E-state index is 12.2. The van der Waals surface area contributed by atoms with E-state index in [1.807, 2.05) is 24.3 Å². The van der Waals surface area contributed by atoms with Crippen molar-refractivity contribution in [2.75, 3.05) is 11.9 Å². The first-order valence-corrected chi connectivity index (χ1v) is 8.80. The predicted molar refractivity (Wildman–Crippen MR) is 99.2 cm³/mol. The van der Waals surface area contributed by atoms with Crippen molar-refractivity contribution in [1.29, 1.82) is 5.26 Å². The number of nitrogens with one attached hydrogen (secondary N) is 2. The molecule has 0 aliphatic heterocycles. The summed E-state index contributed by atoms with van der Waals surface area (Å²) in [7, 11) is 0. The molecule has 0 heterocycles. The van der Waals surface area contributed by atoms with E-state index in [0.717, 1.165) is 12.8 Å². The molecule has 5 heteroatoms. The van der Waals surface area contributed by atoms with Crippen LogP contribution in [0.2, 0.25) is 0 Å². The molecule has 1 saturated carbocycles. The first kappa shape index (κ1) is 17.7. The van der Waals surface area contributed by atoms with Crippen LogP contribution in [0.4, 0.5) is 5.69 Å². The maximum Gasteiger partial charge on any atom is 0.228 e. The van der Waals surface area contributed by atoms with E-state index in [9.17, 15) is 9.59 Å². The Labute approximate surface area is 153 Å². The molecule has 0 bridgehead atoms. The summed E-state index contributed by atoms with van der Waals surface area (Å²) in [6, 6.07) is 18.9. The van der Waals surface area contributed by atoms with Crippen molar-refractivity contribution in [2.24, 2.45) is 11.8 Å². The van der Waals surface area contributed by atoms with Crippen LogP contribution in [0.3, 0.4) is 0 Å². The maximum atomic E-state index is 12.2. The molecule has 2 aromatic rings. The summed E-state index contributed by atoms with van der Waals surface area (Å²) < 4.78 is 0. The van der Waals surface area contributed by atoms with Crippen LogP contribution in [0, 0.1) is 23.2 Å². The minimum Gasteiger partial charge on any atom is -0.356 e. The highest BCUT2D eigenvalue weighted by atomic mass is 16.2. The van der Waals surface area contributed by atoms with Gasteiger partial charge < -0.3 is 10.6 Å². The minimum absolute atomic E-state index is 0.0519. The zero-order valence-electron chi connectivity index (χ0n) is 14.4. The standard InChI is InChI=1S/C21H21N3O2/c22-14-16-8-4-10-17(12-16)24-21(26)19-13-18(19)20(25)23-11-5-9-15-6-2-1-3-7-15/h1-4,6-8,10,12,18-19H,5,9,11,13H2,(H,23,25)(H,24,26). The molecule has 2 N–H and O–H groups in total. The van der Waals surface area contributed by atoms with Crippen LogP contribution in [0.5, 0.6) is 0 Å². The van der Waals surface area contributed by atoms with Crippen LogP contribution in [-0.4, -0.2) is 18.4 Å². The van der Waals surface area contributed by atoms with E-state index in [1.54, 1.807) is 24.3 Å². The highest BCUT2D eigenvalue weighted by molar-refractivity contribution is 5.99. The lowest BCUT2D eigenvalue weighted by molar-refractivity contribution is -0.125. The molecule has 26 heavy (non-hydrogen) atoms. The van der Waals surface area contributed by atoms with Crippen molar-refractivity contribution in [3.8, 4) is 6.07 Å². The summed E-state index contributed by atoms with van der Waals surface area (Å²) in [5, 5.41) is 14.6. The average Bonchev–Trinajstić information content (AvgIpc) is 3.47. The number of anilines is 1. The lowest BCUT2D eigenvalue weighted by Crippen LogP contribution is -2.28. The number of amides is 2. The van der Waals surface area contributed by atoms with Crippen molar-refractivity contribution >= 4 is 17.5 Å². The summed E-state index contributed by atoms with van der Waals surface area (Å²) in [6.07, 6.45) is 2.37. The van der Waals surface area contributed by atoms with Gasteiger partial charge in [0.05, 0.1) is 23.5 Å². The van der Waals surface area contributed by atoms with Crippen LogP contribution in [0.15, 0.2) is 54.6 Å². The summed E-state index contributed by atoms with van der Waals surface area (Å²) >= 11 is 0. The first-order chi connectivity index (χ1) is 12.7. The van der Waals surface area contributed by atoms with Gasteiger partial charge in [0, 0.05) is 12.2 Å². The van der Waals surface area contributed by atoms with Gasteiger partial charge in [0.15, 0.2) is 0 Å². The van der Waals surface area contributed by atoms with Crippen molar-refractivity contribution in [3.63, 3.8) is 0 Å². The number of carbonyl (C=O) groups excluding carboxylic acids is 2. The molecule has 3 rings (SSSR count). The average molecular weight is 347 g/mol. The van der Waals surface area contributed by atoms with Gasteiger partial charge in [-0.1, -0.05) is 36.4 Å². The molecular formula is C21H21N3O2. The molecular weight excluding hydrogens is 326 g/mol. The molecule has 2 atom stereocenters. The molecule has 5 nitrogen and oxygen atoms in total. The van der Waals surface area contributed by atoms with E-state index in [1.165, 1.54) is 5.56 Å². The number of nitriles is 1. The van der Waals surface area contributed by atoms with Crippen LogP contribution >= 0.6 is 0 Å². The van der Waals surface area contributed by atoms with Crippen LogP contribution in [0.25, 0.3) is 0 Å². The van der Waals surface area contributed by atoms with Crippen molar-refractivity contribution in [2.45, 2.75) is 19.3 Å². The number of nitrogens with zero attached hydrogens (tertiary/aromatic N) is 1. The predicted octanol–water partition coefficient (Wildman–Crippen LogP) is 2.88. The molecule has 1 aliphatic carbocycles. The van der Waals surface area contributed by atoms with Crippen molar-refractivity contribution in [1.82, 2.24) is 5.32 Å². The largest absolute Gasteiger partial charge is 0.356 e. The summed E-state index contributed by atoms with van der Waals surface area (Å²) in [5.74, 6) is -0.741.